The summed E-state index contributed by atoms with van der Waals surface area (Å²) >= 11 is 0. The van der Waals surface area contributed by atoms with Gasteiger partial charge in [-0.25, -0.2) is 0 Å². The third-order valence-electron chi connectivity index (χ3n) is 7.22. The number of rotatable bonds is 2. The maximum absolute atomic E-state index is 13.2. The Bertz CT molecular complexity index is 479. The molecular weight excluding hydrogens is 264 g/mol. The van der Waals surface area contributed by atoms with Crippen molar-refractivity contribution in [3.63, 3.8) is 0 Å². The van der Waals surface area contributed by atoms with Gasteiger partial charge in [-0.3, -0.25) is 9.59 Å². The zero-order valence-corrected chi connectivity index (χ0v) is 13.9. The first-order valence-electron chi connectivity index (χ1n) is 8.33. The Kier molecular flexibility index (Phi) is 3.25. The third kappa shape index (κ3) is 1.71. The Morgan fingerprint density at radius 1 is 1.10 bits per heavy atom. The van der Waals surface area contributed by atoms with E-state index in [9.17, 15) is 9.59 Å². The molecule has 118 valence electrons. The molecule has 0 unspecified atom stereocenters. The van der Waals surface area contributed by atoms with Gasteiger partial charge in [-0.2, -0.15) is 0 Å². The van der Waals surface area contributed by atoms with Gasteiger partial charge in [-0.1, -0.05) is 27.7 Å². The average molecular weight is 292 g/mol. The first kappa shape index (κ1) is 15.0. The van der Waals surface area contributed by atoms with Crippen LogP contribution < -0.4 is 0 Å². The molecule has 0 aromatic carbocycles. The first-order chi connectivity index (χ1) is 9.78. The van der Waals surface area contributed by atoms with Gasteiger partial charge in [-0.05, 0) is 24.8 Å². The summed E-state index contributed by atoms with van der Waals surface area (Å²) in [5.74, 6) is 0.553. The lowest BCUT2D eigenvalue weighted by molar-refractivity contribution is -0.149. The third-order valence-corrected chi connectivity index (χ3v) is 7.22. The number of carbonyl (C=O) groups is 2. The number of ketones is 1. The topological polar surface area (TPSA) is 40.6 Å². The SMILES string of the molecule is CCN1CCN(C(=O)[C@]23CC[C@](C)(C(=O)C2)C3(C)C)CC1. The van der Waals surface area contributed by atoms with Crippen LogP contribution in [-0.2, 0) is 9.59 Å². The van der Waals surface area contributed by atoms with Gasteiger partial charge in [0.15, 0.2) is 0 Å². The summed E-state index contributed by atoms with van der Waals surface area (Å²) in [4.78, 5) is 30.1. The molecule has 2 aliphatic carbocycles. The summed E-state index contributed by atoms with van der Waals surface area (Å²) in [7, 11) is 0. The van der Waals surface area contributed by atoms with Crippen LogP contribution >= 0.6 is 0 Å². The Hall–Kier alpha value is -0.900. The highest BCUT2D eigenvalue weighted by molar-refractivity contribution is 5.99. The Balaban J connectivity index is 1.84. The van der Waals surface area contributed by atoms with Crippen molar-refractivity contribution >= 4 is 11.7 Å². The van der Waals surface area contributed by atoms with Gasteiger partial charge in [0.2, 0.25) is 5.91 Å². The van der Waals surface area contributed by atoms with E-state index in [-0.39, 0.29) is 16.7 Å². The minimum Gasteiger partial charge on any atom is -0.340 e. The van der Waals surface area contributed by atoms with E-state index in [1.807, 2.05) is 4.90 Å². The normalized spacial score (nSPS) is 39.0. The van der Waals surface area contributed by atoms with Crippen molar-refractivity contribution in [2.75, 3.05) is 32.7 Å². The van der Waals surface area contributed by atoms with Gasteiger partial charge in [0.25, 0.3) is 0 Å². The predicted octanol–water partition coefficient (Wildman–Crippen LogP) is 1.94. The van der Waals surface area contributed by atoms with Gasteiger partial charge in [0, 0.05) is 38.0 Å². The number of fused-ring (bicyclic) bond motifs is 2. The molecule has 1 heterocycles. The highest BCUT2D eigenvalue weighted by atomic mass is 16.2. The Morgan fingerprint density at radius 3 is 2.14 bits per heavy atom. The summed E-state index contributed by atoms with van der Waals surface area (Å²) in [6, 6.07) is 0. The van der Waals surface area contributed by atoms with E-state index in [2.05, 4.69) is 32.6 Å². The van der Waals surface area contributed by atoms with Crippen LogP contribution in [0.5, 0.6) is 0 Å². The van der Waals surface area contributed by atoms with Crippen molar-refractivity contribution in [3.05, 3.63) is 0 Å². The zero-order chi connectivity index (χ0) is 15.5. The van der Waals surface area contributed by atoms with Crippen molar-refractivity contribution in [1.82, 2.24) is 9.80 Å². The van der Waals surface area contributed by atoms with Gasteiger partial charge >= 0.3 is 0 Å². The number of nitrogens with zero attached hydrogens (tertiary/aromatic N) is 2. The molecule has 3 aliphatic rings. The van der Waals surface area contributed by atoms with E-state index in [0.717, 1.165) is 45.6 Å². The highest BCUT2D eigenvalue weighted by Crippen LogP contribution is 2.71. The number of piperazine rings is 1. The fourth-order valence-electron chi connectivity index (χ4n) is 4.90. The number of hydrogen-bond acceptors (Lipinski definition) is 3. The summed E-state index contributed by atoms with van der Waals surface area (Å²) in [5, 5.41) is 0. The summed E-state index contributed by atoms with van der Waals surface area (Å²) < 4.78 is 0. The molecule has 0 radical (unpaired) electrons. The smallest absolute Gasteiger partial charge is 0.229 e. The van der Waals surface area contributed by atoms with Crippen molar-refractivity contribution in [2.45, 2.75) is 47.0 Å². The van der Waals surface area contributed by atoms with Crippen LogP contribution in [0.2, 0.25) is 0 Å². The molecule has 1 saturated heterocycles. The minimum absolute atomic E-state index is 0.212. The van der Waals surface area contributed by atoms with Crippen LogP contribution in [0.3, 0.4) is 0 Å². The van der Waals surface area contributed by atoms with Gasteiger partial charge in [0.1, 0.15) is 5.78 Å². The fourth-order valence-corrected chi connectivity index (χ4v) is 4.90. The number of hydrogen-bond donors (Lipinski definition) is 0. The molecule has 2 saturated carbocycles. The first-order valence-corrected chi connectivity index (χ1v) is 8.33. The molecule has 4 nitrogen and oxygen atoms in total. The molecule has 2 atom stereocenters. The molecule has 2 bridgehead atoms. The van der Waals surface area contributed by atoms with E-state index >= 15 is 0 Å². The molecule has 0 N–H and O–H groups in total. The summed E-state index contributed by atoms with van der Waals surface area (Å²) in [6.07, 6.45) is 2.22. The van der Waals surface area contributed by atoms with E-state index < -0.39 is 5.41 Å². The van der Waals surface area contributed by atoms with Crippen LogP contribution in [0, 0.1) is 16.2 Å². The molecule has 1 aliphatic heterocycles. The van der Waals surface area contributed by atoms with Gasteiger partial charge < -0.3 is 9.80 Å². The molecule has 0 spiro atoms. The van der Waals surface area contributed by atoms with E-state index in [4.69, 9.17) is 0 Å². The number of amides is 1. The number of Topliss-reactive ketones (excluding diaryl/α,β-unsaturated/α-hetero) is 1. The number of carbonyl (C=O) groups excluding carboxylic acids is 2. The summed E-state index contributed by atoms with van der Waals surface area (Å²) in [6.45, 7) is 13.1. The number of likely N-dealkylation sites (N-methyl/N-ethyl adjacent to an activating group) is 1. The van der Waals surface area contributed by atoms with Crippen molar-refractivity contribution < 1.29 is 9.59 Å². The van der Waals surface area contributed by atoms with Gasteiger partial charge in [-0.15, -0.1) is 0 Å². The molecule has 0 aromatic rings. The van der Waals surface area contributed by atoms with E-state index in [1.165, 1.54) is 0 Å². The largest absolute Gasteiger partial charge is 0.340 e. The Morgan fingerprint density at radius 2 is 1.71 bits per heavy atom. The van der Waals surface area contributed by atoms with Crippen molar-refractivity contribution in [1.29, 1.82) is 0 Å². The van der Waals surface area contributed by atoms with Gasteiger partial charge in [0.05, 0.1) is 5.41 Å². The monoisotopic (exact) mass is 292 g/mol. The van der Waals surface area contributed by atoms with Crippen LogP contribution in [0.25, 0.3) is 0 Å². The lowest BCUT2D eigenvalue weighted by Gasteiger charge is -2.44. The minimum atomic E-state index is -0.437. The predicted molar refractivity (Wildman–Crippen MR) is 81.9 cm³/mol. The van der Waals surface area contributed by atoms with Crippen LogP contribution in [-0.4, -0.2) is 54.2 Å². The van der Waals surface area contributed by atoms with E-state index in [0.29, 0.717) is 12.2 Å². The molecule has 0 aromatic heterocycles. The molecular formula is C17H28N2O2. The van der Waals surface area contributed by atoms with Crippen LogP contribution in [0.4, 0.5) is 0 Å². The highest BCUT2D eigenvalue weighted by Gasteiger charge is 2.72. The lowest BCUT2D eigenvalue weighted by atomic mass is 9.64. The van der Waals surface area contributed by atoms with Crippen molar-refractivity contribution in [3.8, 4) is 0 Å². The van der Waals surface area contributed by atoms with Crippen LogP contribution in [0.1, 0.15) is 47.0 Å². The molecule has 1 amide bonds. The maximum atomic E-state index is 13.2. The quantitative estimate of drug-likeness (QED) is 0.781. The second-order valence-corrected chi connectivity index (χ2v) is 7.87. The lowest BCUT2D eigenvalue weighted by Crippen LogP contribution is -2.55. The standard InChI is InChI=1S/C17H28N2O2/c1-5-18-8-10-19(11-9-18)14(21)17-7-6-16(4,13(20)12-17)15(17,2)3/h5-12H2,1-4H3/t16-,17+/m1/s1. The fraction of sp³-hybridized carbons (Fsp3) is 0.882. The zero-order valence-electron chi connectivity index (χ0n) is 13.9. The maximum Gasteiger partial charge on any atom is 0.229 e. The van der Waals surface area contributed by atoms with Crippen molar-refractivity contribution in [2.24, 2.45) is 16.2 Å². The molecule has 3 fully saturated rings. The Labute approximate surface area is 127 Å². The second-order valence-electron chi connectivity index (χ2n) is 7.87. The average Bonchev–Trinajstić information content (AvgIpc) is 2.77. The summed E-state index contributed by atoms with van der Waals surface area (Å²) in [5.41, 5.74) is -0.947. The molecule has 4 heteroatoms. The van der Waals surface area contributed by atoms with E-state index in [1.54, 1.807) is 0 Å². The second kappa shape index (κ2) is 4.55. The van der Waals surface area contributed by atoms with Crippen LogP contribution in [0.15, 0.2) is 0 Å². The molecule has 3 rings (SSSR count). The molecule has 21 heavy (non-hydrogen) atoms.